The molecule has 0 aliphatic carbocycles. The van der Waals surface area contributed by atoms with Gasteiger partial charge < -0.3 is 16.4 Å². The van der Waals surface area contributed by atoms with Gasteiger partial charge in [0, 0.05) is 34.1 Å². The molecule has 0 radical (unpaired) electrons. The third-order valence-corrected chi connectivity index (χ3v) is 5.24. The number of benzene rings is 3. The number of fused-ring (bicyclic) bond motifs is 3. The highest BCUT2D eigenvalue weighted by Gasteiger charge is 2.31. The number of rotatable bonds is 1. The summed E-state index contributed by atoms with van der Waals surface area (Å²) in [6, 6.07) is 20.7. The van der Waals surface area contributed by atoms with E-state index in [1.165, 1.54) is 16.7 Å². The van der Waals surface area contributed by atoms with E-state index in [1.54, 1.807) is 0 Å². The minimum absolute atomic E-state index is 0.103. The van der Waals surface area contributed by atoms with E-state index in [9.17, 15) is 0 Å². The maximum absolute atomic E-state index is 6.10. The lowest BCUT2D eigenvalue weighted by atomic mass is 9.85. The van der Waals surface area contributed by atoms with E-state index in [-0.39, 0.29) is 6.04 Å². The van der Waals surface area contributed by atoms with E-state index in [0.29, 0.717) is 0 Å². The maximum Gasteiger partial charge on any atom is 0.0799 e. The van der Waals surface area contributed by atoms with Gasteiger partial charge in [0.2, 0.25) is 0 Å². The normalized spacial score (nSPS) is 15.8. The SMILES string of the molecule is CN1c2cc(N)cc(Br)c2-c2ccc(N)cc2C1c1ccccc1. The van der Waals surface area contributed by atoms with Crippen LogP contribution in [0, 0.1) is 0 Å². The second-order valence-electron chi connectivity index (χ2n) is 6.17. The van der Waals surface area contributed by atoms with Gasteiger partial charge in [0.15, 0.2) is 0 Å². The van der Waals surface area contributed by atoms with Gasteiger partial charge in [-0.1, -0.05) is 36.4 Å². The molecule has 24 heavy (non-hydrogen) atoms. The van der Waals surface area contributed by atoms with Crippen LogP contribution in [0.2, 0.25) is 0 Å². The molecule has 0 bridgehead atoms. The summed E-state index contributed by atoms with van der Waals surface area (Å²) in [7, 11) is 2.11. The van der Waals surface area contributed by atoms with Gasteiger partial charge in [-0.15, -0.1) is 0 Å². The van der Waals surface area contributed by atoms with Crippen LogP contribution < -0.4 is 16.4 Å². The van der Waals surface area contributed by atoms with E-state index in [4.69, 9.17) is 11.5 Å². The predicted molar refractivity (Wildman–Crippen MR) is 105 cm³/mol. The number of hydrogen-bond acceptors (Lipinski definition) is 3. The van der Waals surface area contributed by atoms with Crippen LogP contribution in [0.5, 0.6) is 0 Å². The van der Waals surface area contributed by atoms with Gasteiger partial charge in [-0.05, 0) is 56.9 Å². The molecule has 3 nitrogen and oxygen atoms in total. The van der Waals surface area contributed by atoms with Gasteiger partial charge >= 0.3 is 0 Å². The minimum atomic E-state index is 0.103. The summed E-state index contributed by atoms with van der Waals surface area (Å²) in [5.74, 6) is 0. The third-order valence-electron chi connectivity index (χ3n) is 4.61. The van der Waals surface area contributed by atoms with Gasteiger partial charge in [-0.25, -0.2) is 0 Å². The Labute approximate surface area is 150 Å². The van der Waals surface area contributed by atoms with Crippen LogP contribution >= 0.6 is 15.9 Å². The lowest BCUT2D eigenvalue weighted by Gasteiger charge is -2.39. The Morgan fingerprint density at radius 3 is 2.42 bits per heavy atom. The summed E-state index contributed by atoms with van der Waals surface area (Å²) in [6.07, 6.45) is 0. The van der Waals surface area contributed by atoms with Crippen molar-refractivity contribution in [3.8, 4) is 11.1 Å². The van der Waals surface area contributed by atoms with Crippen LogP contribution in [-0.4, -0.2) is 7.05 Å². The first-order valence-corrected chi connectivity index (χ1v) is 8.62. The summed E-state index contributed by atoms with van der Waals surface area (Å²) in [5.41, 5.74) is 19.6. The summed E-state index contributed by atoms with van der Waals surface area (Å²) in [4.78, 5) is 2.27. The molecule has 1 heterocycles. The van der Waals surface area contributed by atoms with Crippen LogP contribution in [0.4, 0.5) is 17.1 Å². The number of nitrogens with two attached hydrogens (primary N) is 2. The summed E-state index contributed by atoms with van der Waals surface area (Å²) < 4.78 is 1.00. The first-order chi connectivity index (χ1) is 11.6. The van der Waals surface area contributed by atoms with Crippen LogP contribution in [0.3, 0.4) is 0 Å². The van der Waals surface area contributed by atoms with Crippen LogP contribution in [0.15, 0.2) is 65.1 Å². The van der Waals surface area contributed by atoms with Crippen molar-refractivity contribution in [3.63, 3.8) is 0 Å². The molecular weight excluding hydrogens is 362 g/mol. The van der Waals surface area contributed by atoms with Gasteiger partial charge in [0.05, 0.1) is 6.04 Å². The molecule has 1 aliphatic heterocycles. The molecule has 3 aromatic carbocycles. The zero-order valence-electron chi connectivity index (χ0n) is 13.3. The first-order valence-electron chi connectivity index (χ1n) is 7.83. The molecule has 0 amide bonds. The van der Waals surface area contributed by atoms with Crippen molar-refractivity contribution in [3.05, 3.63) is 76.3 Å². The largest absolute Gasteiger partial charge is 0.399 e. The number of anilines is 3. The monoisotopic (exact) mass is 379 g/mol. The lowest BCUT2D eigenvalue weighted by molar-refractivity contribution is 0.774. The fraction of sp³-hybridized carbons (Fsp3) is 0.100. The molecule has 0 saturated heterocycles. The number of halogens is 1. The lowest BCUT2D eigenvalue weighted by Crippen LogP contribution is -2.29. The van der Waals surface area contributed by atoms with Gasteiger partial charge in [0.25, 0.3) is 0 Å². The van der Waals surface area contributed by atoms with Crippen molar-refractivity contribution in [2.75, 3.05) is 23.4 Å². The number of hydrogen-bond donors (Lipinski definition) is 2. The number of nitrogen functional groups attached to an aromatic ring is 2. The molecule has 0 aromatic heterocycles. The molecule has 1 aliphatic rings. The quantitative estimate of drug-likeness (QED) is 0.595. The Bertz CT molecular complexity index is 922. The van der Waals surface area contributed by atoms with E-state index >= 15 is 0 Å². The average molecular weight is 380 g/mol. The van der Waals surface area contributed by atoms with E-state index in [0.717, 1.165) is 27.1 Å². The molecule has 1 atom stereocenters. The van der Waals surface area contributed by atoms with E-state index in [2.05, 4.69) is 64.3 Å². The van der Waals surface area contributed by atoms with Crippen LogP contribution in [0.1, 0.15) is 17.2 Å². The topological polar surface area (TPSA) is 55.3 Å². The van der Waals surface area contributed by atoms with Crippen molar-refractivity contribution in [2.24, 2.45) is 0 Å². The molecule has 4 heteroatoms. The highest BCUT2D eigenvalue weighted by Crippen LogP contribution is 2.50. The summed E-state index contributed by atoms with van der Waals surface area (Å²) in [5, 5.41) is 0. The Kier molecular flexibility index (Phi) is 3.50. The second-order valence-corrected chi connectivity index (χ2v) is 7.02. The van der Waals surface area contributed by atoms with Crippen LogP contribution in [-0.2, 0) is 0 Å². The molecule has 1 unspecified atom stereocenters. The highest BCUT2D eigenvalue weighted by molar-refractivity contribution is 9.10. The van der Waals surface area contributed by atoms with Crippen molar-refractivity contribution >= 4 is 33.0 Å². The Morgan fingerprint density at radius 1 is 0.917 bits per heavy atom. The standard InChI is InChI=1S/C20H18BrN3/c1-24-18-11-14(23)10-17(21)19(18)15-8-7-13(22)9-16(15)20(24)12-5-3-2-4-6-12/h2-11,20H,22-23H2,1H3. The minimum Gasteiger partial charge on any atom is -0.399 e. The average Bonchev–Trinajstić information content (AvgIpc) is 2.56. The predicted octanol–water partition coefficient (Wildman–Crippen LogP) is 4.82. The highest BCUT2D eigenvalue weighted by atomic mass is 79.9. The fourth-order valence-corrected chi connectivity index (χ4v) is 4.26. The molecule has 3 aromatic rings. The Balaban J connectivity index is 2.04. The zero-order chi connectivity index (χ0) is 16.8. The Hall–Kier alpha value is -2.46. The maximum atomic E-state index is 6.10. The summed E-state index contributed by atoms with van der Waals surface area (Å²) in [6.45, 7) is 0. The van der Waals surface area contributed by atoms with Crippen molar-refractivity contribution in [2.45, 2.75) is 6.04 Å². The second kappa shape index (κ2) is 5.56. The van der Waals surface area contributed by atoms with Crippen molar-refractivity contribution in [1.29, 1.82) is 0 Å². The molecule has 120 valence electrons. The van der Waals surface area contributed by atoms with Gasteiger partial charge in [0.1, 0.15) is 0 Å². The summed E-state index contributed by atoms with van der Waals surface area (Å²) >= 11 is 3.69. The van der Waals surface area contributed by atoms with Gasteiger partial charge in [-0.3, -0.25) is 0 Å². The zero-order valence-corrected chi connectivity index (χ0v) is 14.9. The Morgan fingerprint density at radius 2 is 1.67 bits per heavy atom. The third kappa shape index (κ3) is 2.26. The fourth-order valence-electron chi connectivity index (χ4n) is 3.58. The molecule has 0 saturated carbocycles. The number of nitrogens with zero attached hydrogens (tertiary/aromatic N) is 1. The van der Waals surface area contributed by atoms with E-state index in [1.807, 2.05) is 24.3 Å². The molecule has 4 N–H and O–H groups in total. The van der Waals surface area contributed by atoms with Crippen molar-refractivity contribution in [1.82, 2.24) is 0 Å². The molecule has 0 spiro atoms. The first kappa shape index (κ1) is 15.1. The van der Waals surface area contributed by atoms with Gasteiger partial charge in [-0.2, -0.15) is 0 Å². The van der Waals surface area contributed by atoms with E-state index < -0.39 is 0 Å². The molecule has 4 rings (SSSR count). The van der Waals surface area contributed by atoms with Crippen molar-refractivity contribution < 1.29 is 0 Å². The van der Waals surface area contributed by atoms with Crippen LogP contribution in [0.25, 0.3) is 11.1 Å². The smallest absolute Gasteiger partial charge is 0.0799 e. The molecule has 0 fully saturated rings. The molecular formula is C20H18BrN3.